The zero-order valence-corrected chi connectivity index (χ0v) is 9.70. The maximum atomic E-state index is 13.1. The Balaban J connectivity index is 2.22. The highest BCUT2D eigenvalue weighted by Crippen LogP contribution is 2.24. The third-order valence-electron chi connectivity index (χ3n) is 2.37. The minimum atomic E-state index is -0.237. The van der Waals surface area contributed by atoms with Gasteiger partial charge in [-0.05, 0) is 30.7 Å². The van der Waals surface area contributed by atoms with E-state index >= 15 is 0 Å². The van der Waals surface area contributed by atoms with E-state index in [1.807, 2.05) is 13.1 Å². The van der Waals surface area contributed by atoms with Gasteiger partial charge < -0.3 is 10.1 Å². The van der Waals surface area contributed by atoms with Crippen molar-refractivity contribution in [2.75, 3.05) is 12.4 Å². The topological polar surface area (TPSA) is 34.2 Å². The molecule has 17 heavy (non-hydrogen) atoms. The average molecular weight is 232 g/mol. The van der Waals surface area contributed by atoms with Crippen LogP contribution in [0.15, 0.2) is 36.7 Å². The highest BCUT2D eigenvalue weighted by molar-refractivity contribution is 5.45. The van der Waals surface area contributed by atoms with Crippen molar-refractivity contribution in [3.63, 3.8) is 0 Å². The van der Waals surface area contributed by atoms with Crippen LogP contribution in [-0.2, 0) is 0 Å². The molecule has 3 nitrogen and oxygen atoms in total. The van der Waals surface area contributed by atoms with Crippen molar-refractivity contribution in [3.05, 3.63) is 48.0 Å². The lowest BCUT2D eigenvalue weighted by molar-refractivity contribution is 0.477. The summed E-state index contributed by atoms with van der Waals surface area (Å²) in [5.41, 5.74) is 1.42. The van der Waals surface area contributed by atoms with Gasteiger partial charge in [0, 0.05) is 13.1 Å². The Bertz CT molecular complexity index is 529. The van der Waals surface area contributed by atoms with Crippen LogP contribution in [-0.4, -0.2) is 12.0 Å². The van der Waals surface area contributed by atoms with Crippen LogP contribution in [0.3, 0.4) is 0 Å². The average Bonchev–Trinajstić information content (AvgIpc) is 2.34. The molecule has 2 rings (SSSR count). The Hall–Kier alpha value is -2.10. The summed E-state index contributed by atoms with van der Waals surface area (Å²) in [5, 5.41) is 2.97. The highest BCUT2D eigenvalue weighted by atomic mass is 19.1. The van der Waals surface area contributed by atoms with Crippen molar-refractivity contribution in [2.45, 2.75) is 6.92 Å². The summed E-state index contributed by atoms with van der Waals surface area (Å²) in [7, 11) is 1.81. The summed E-state index contributed by atoms with van der Waals surface area (Å²) >= 11 is 0. The number of halogens is 1. The quantitative estimate of drug-likeness (QED) is 0.881. The largest absolute Gasteiger partial charge is 0.456 e. The van der Waals surface area contributed by atoms with Crippen molar-refractivity contribution in [3.8, 4) is 11.5 Å². The van der Waals surface area contributed by atoms with E-state index in [1.165, 1.54) is 6.07 Å². The Kier molecular flexibility index (Phi) is 3.23. The zero-order valence-electron chi connectivity index (χ0n) is 9.70. The Morgan fingerprint density at radius 3 is 2.71 bits per heavy atom. The maximum absolute atomic E-state index is 13.1. The number of pyridine rings is 1. The van der Waals surface area contributed by atoms with Crippen LogP contribution in [0.5, 0.6) is 11.5 Å². The molecule has 0 saturated carbocycles. The van der Waals surface area contributed by atoms with E-state index in [-0.39, 0.29) is 5.82 Å². The van der Waals surface area contributed by atoms with Gasteiger partial charge >= 0.3 is 0 Å². The van der Waals surface area contributed by atoms with E-state index in [2.05, 4.69) is 10.3 Å². The molecule has 1 N–H and O–H groups in total. The summed E-state index contributed by atoms with van der Waals surface area (Å²) in [6.45, 7) is 1.70. The number of nitrogens with one attached hydrogen (secondary N) is 1. The van der Waals surface area contributed by atoms with Crippen LogP contribution in [0, 0.1) is 12.7 Å². The molecule has 0 amide bonds. The smallest absolute Gasteiger partial charge is 0.147 e. The molecule has 88 valence electrons. The molecule has 1 aromatic heterocycles. The molecule has 0 unspecified atom stereocenters. The van der Waals surface area contributed by atoms with Crippen LogP contribution in [0.2, 0.25) is 0 Å². The summed E-state index contributed by atoms with van der Waals surface area (Å²) in [6, 6.07) is 6.46. The number of aryl methyl sites for hydroxylation is 1. The van der Waals surface area contributed by atoms with Crippen LogP contribution < -0.4 is 10.1 Å². The van der Waals surface area contributed by atoms with E-state index in [4.69, 9.17) is 4.74 Å². The number of hydrogen-bond donors (Lipinski definition) is 1. The minimum Gasteiger partial charge on any atom is -0.456 e. The SMILES string of the molecule is CNc1cncc(Oc2ccc(F)c(C)c2)c1. The molecule has 0 aliphatic heterocycles. The van der Waals surface area contributed by atoms with Gasteiger partial charge in [0.25, 0.3) is 0 Å². The fourth-order valence-corrected chi connectivity index (χ4v) is 1.43. The molecule has 2 aromatic rings. The molecule has 0 radical (unpaired) electrons. The van der Waals surface area contributed by atoms with Gasteiger partial charge in [-0.15, -0.1) is 0 Å². The normalized spacial score (nSPS) is 10.1. The standard InChI is InChI=1S/C13H13FN2O/c1-9-5-11(3-4-13(9)14)17-12-6-10(15-2)7-16-8-12/h3-8,15H,1-2H3. The summed E-state index contributed by atoms with van der Waals surface area (Å²) < 4.78 is 18.7. The van der Waals surface area contributed by atoms with Gasteiger partial charge in [0.05, 0.1) is 18.1 Å². The second-order valence-corrected chi connectivity index (χ2v) is 3.67. The van der Waals surface area contributed by atoms with Crippen molar-refractivity contribution in [1.82, 2.24) is 4.98 Å². The molecule has 0 aliphatic carbocycles. The van der Waals surface area contributed by atoms with Crippen LogP contribution >= 0.6 is 0 Å². The van der Waals surface area contributed by atoms with E-state index in [0.29, 0.717) is 17.1 Å². The first-order valence-corrected chi connectivity index (χ1v) is 5.26. The summed E-state index contributed by atoms with van der Waals surface area (Å²) in [6.07, 6.45) is 3.31. The molecule has 0 aliphatic rings. The second-order valence-electron chi connectivity index (χ2n) is 3.67. The lowest BCUT2D eigenvalue weighted by Gasteiger charge is -2.07. The lowest BCUT2D eigenvalue weighted by Crippen LogP contribution is -1.92. The van der Waals surface area contributed by atoms with Gasteiger partial charge in [0.2, 0.25) is 0 Å². The number of hydrogen-bond acceptors (Lipinski definition) is 3. The van der Waals surface area contributed by atoms with Crippen LogP contribution in [0.4, 0.5) is 10.1 Å². The first-order valence-electron chi connectivity index (χ1n) is 5.26. The van der Waals surface area contributed by atoms with Crippen molar-refractivity contribution in [1.29, 1.82) is 0 Å². The van der Waals surface area contributed by atoms with E-state index < -0.39 is 0 Å². The maximum Gasteiger partial charge on any atom is 0.147 e. The predicted molar refractivity (Wildman–Crippen MR) is 65.0 cm³/mol. The third kappa shape index (κ3) is 2.72. The van der Waals surface area contributed by atoms with Crippen molar-refractivity contribution < 1.29 is 9.13 Å². The molecule has 4 heteroatoms. The molecule has 0 fully saturated rings. The van der Waals surface area contributed by atoms with Gasteiger partial charge in [-0.3, -0.25) is 4.98 Å². The van der Waals surface area contributed by atoms with Crippen LogP contribution in [0.25, 0.3) is 0 Å². The van der Waals surface area contributed by atoms with Crippen molar-refractivity contribution in [2.24, 2.45) is 0 Å². The monoisotopic (exact) mass is 232 g/mol. The number of nitrogens with zero attached hydrogens (tertiary/aromatic N) is 1. The highest BCUT2D eigenvalue weighted by Gasteiger charge is 2.02. The molecule has 0 spiro atoms. The molecule has 0 saturated heterocycles. The predicted octanol–water partition coefficient (Wildman–Crippen LogP) is 3.36. The number of ether oxygens (including phenoxy) is 1. The van der Waals surface area contributed by atoms with E-state index in [1.54, 1.807) is 31.5 Å². The van der Waals surface area contributed by atoms with E-state index in [0.717, 1.165) is 5.69 Å². The Morgan fingerprint density at radius 1 is 1.18 bits per heavy atom. The number of aromatic nitrogens is 1. The second kappa shape index (κ2) is 4.82. The fourth-order valence-electron chi connectivity index (χ4n) is 1.43. The first-order chi connectivity index (χ1) is 8.19. The molecule has 0 bridgehead atoms. The zero-order chi connectivity index (χ0) is 12.3. The molecule has 1 heterocycles. The first kappa shape index (κ1) is 11.4. The Morgan fingerprint density at radius 2 is 2.00 bits per heavy atom. The van der Waals surface area contributed by atoms with Crippen molar-refractivity contribution >= 4 is 5.69 Å². The van der Waals surface area contributed by atoms with Gasteiger partial charge in [-0.2, -0.15) is 0 Å². The number of anilines is 1. The lowest BCUT2D eigenvalue weighted by atomic mass is 10.2. The number of benzene rings is 1. The van der Waals surface area contributed by atoms with Gasteiger partial charge in [-0.25, -0.2) is 4.39 Å². The fraction of sp³-hybridized carbons (Fsp3) is 0.154. The summed E-state index contributed by atoms with van der Waals surface area (Å²) in [4.78, 5) is 4.03. The molecular weight excluding hydrogens is 219 g/mol. The molecule has 0 atom stereocenters. The number of rotatable bonds is 3. The van der Waals surface area contributed by atoms with Crippen LogP contribution in [0.1, 0.15) is 5.56 Å². The van der Waals surface area contributed by atoms with Gasteiger partial charge in [0.1, 0.15) is 17.3 Å². The molecule has 1 aromatic carbocycles. The molecular formula is C13H13FN2O. The van der Waals surface area contributed by atoms with E-state index in [9.17, 15) is 4.39 Å². The minimum absolute atomic E-state index is 0.237. The van der Waals surface area contributed by atoms with Gasteiger partial charge in [-0.1, -0.05) is 0 Å². The Labute approximate surface area is 99.3 Å². The van der Waals surface area contributed by atoms with Gasteiger partial charge in [0.15, 0.2) is 0 Å². The summed E-state index contributed by atoms with van der Waals surface area (Å²) in [5.74, 6) is 0.973. The third-order valence-corrected chi connectivity index (χ3v) is 2.37.